The van der Waals surface area contributed by atoms with Gasteiger partial charge in [0.15, 0.2) is 0 Å². The van der Waals surface area contributed by atoms with Gasteiger partial charge in [0, 0.05) is 5.02 Å². The SMILES string of the molecule is C[C@H](NC(=O)C(C)(C)Br)c1cccc(Cl)c1. The predicted octanol–water partition coefficient (Wildman–Crippen LogP) is 3.69. The van der Waals surface area contributed by atoms with E-state index >= 15 is 0 Å². The Morgan fingerprint density at radius 2 is 2.12 bits per heavy atom. The van der Waals surface area contributed by atoms with Crippen LogP contribution in [0.5, 0.6) is 0 Å². The van der Waals surface area contributed by atoms with E-state index in [0.717, 1.165) is 5.56 Å². The summed E-state index contributed by atoms with van der Waals surface area (Å²) < 4.78 is -0.556. The Hall–Kier alpha value is -0.540. The van der Waals surface area contributed by atoms with Crippen LogP contribution >= 0.6 is 27.5 Å². The molecular formula is C12H15BrClNO. The van der Waals surface area contributed by atoms with Crippen molar-refractivity contribution in [3.05, 3.63) is 34.9 Å². The van der Waals surface area contributed by atoms with Crippen LogP contribution in [0.1, 0.15) is 32.4 Å². The first-order valence-electron chi connectivity index (χ1n) is 5.06. The van der Waals surface area contributed by atoms with Crippen molar-refractivity contribution >= 4 is 33.4 Å². The zero-order valence-electron chi connectivity index (χ0n) is 9.55. The molecule has 0 aliphatic carbocycles. The molecule has 0 saturated carbocycles. The van der Waals surface area contributed by atoms with Gasteiger partial charge in [-0.3, -0.25) is 4.79 Å². The minimum Gasteiger partial charge on any atom is -0.348 e. The van der Waals surface area contributed by atoms with E-state index in [0.29, 0.717) is 5.02 Å². The van der Waals surface area contributed by atoms with Crippen LogP contribution in [0.2, 0.25) is 5.02 Å². The van der Waals surface area contributed by atoms with Crippen LogP contribution in [0.4, 0.5) is 0 Å². The maximum Gasteiger partial charge on any atom is 0.236 e. The average molecular weight is 305 g/mol. The van der Waals surface area contributed by atoms with E-state index in [1.165, 1.54) is 0 Å². The van der Waals surface area contributed by atoms with Gasteiger partial charge in [-0.15, -0.1) is 0 Å². The van der Waals surface area contributed by atoms with Gasteiger partial charge in [-0.1, -0.05) is 39.7 Å². The molecule has 0 fully saturated rings. The number of carbonyl (C=O) groups is 1. The van der Waals surface area contributed by atoms with Crippen molar-refractivity contribution in [2.75, 3.05) is 0 Å². The summed E-state index contributed by atoms with van der Waals surface area (Å²) >= 11 is 9.21. The molecule has 1 aromatic rings. The molecule has 0 aliphatic rings. The lowest BCUT2D eigenvalue weighted by atomic mass is 10.1. The molecule has 16 heavy (non-hydrogen) atoms. The highest BCUT2D eigenvalue weighted by molar-refractivity contribution is 9.10. The third kappa shape index (κ3) is 3.80. The molecule has 0 aromatic heterocycles. The molecule has 0 heterocycles. The van der Waals surface area contributed by atoms with E-state index in [1.54, 1.807) is 0 Å². The van der Waals surface area contributed by atoms with E-state index in [9.17, 15) is 4.79 Å². The van der Waals surface area contributed by atoms with Crippen molar-refractivity contribution < 1.29 is 4.79 Å². The lowest BCUT2D eigenvalue weighted by Gasteiger charge is -2.20. The summed E-state index contributed by atoms with van der Waals surface area (Å²) in [5.41, 5.74) is 0.998. The summed E-state index contributed by atoms with van der Waals surface area (Å²) in [6.07, 6.45) is 0. The summed E-state index contributed by atoms with van der Waals surface area (Å²) in [6, 6.07) is 7.43. The predicted molar refractivity (Wildman–Crippen MR) is 71.0 cm³/mol. The second-order valence-corrected chi connectivity index (χ2v) is 6.64. The van der Waals surface area contributed by atoms with Gasteiger partial charge >= 0.3 is 0 Å². The normalized spacial score (nSPS) is 13.3. The lowest BCUT2D eigenvalue weighted by Crippen LogP contribution is -2.38. The molecule has 0 radical (unpaired) electrons. The molecule has 1 atom stereocenters. The number of carbonyl (C=O) groups excluding carboxylic acids is 1. The molecule has 0 saturated heterocycles. The molecule has 1 N–H and O–H groups in total. The number of halogens is 2. The van der Waals surface area contributed by atoms with Crippen LogP contribution in [0.25, 0.3) is 0 Å². The number of hydrogen-bond donors (Lipinski definition) is 1. The van der Waals surface area contributed by atoms with Crippen LogP contribution in [0, 0.1) is 0 Å². The second-order valence-electron chi connectivity index (χ2n) is 4.22. The topological polar surface area (TPSA) is 29.1 Å². The Labute approximate surface area is 110 Å². The average Bonchev–Trinajstić information content (AvgIpc) is 2.16. The van der Waals surface area contributed by atoms with Crippen molar-refractivity contribution in [2.24, 2.45) is 0 Å². The Bertz CT molecular complexity index is 387. The minimum absolute atomic E-state index is 0.0417. The summed E-state index contributed by atoms with van der Waals surface area (Å²) in [7, 11) is 0. The molecule has 1 amide bonds. The third-order valence-corrected chi connectivity index (χ3v) is 2.83. The number of alkyl halides is 1. The van der Waals surface area contributed by atoms with Gasteiger partial charge in [-0.2, -0.15) is 0 Å². The van der Waals surface area contributed by atoms with Crippen LogP contribution in [0.3, 0.4) is 0 Å². The van der Waals surface area contributed by atoms with Crippen LogP contribution in [-0.4, -0.2) is 10.2 Å². The molecule has 0 unspecified atom stereocenters. The molecule has 1 aromatic carbocycles. The zero-order valence-corrected chi connectivity index (χ0v) is 11.9. The molecule has 2 nitrogen and oxygen atoms in total. The van der Waals surface area contributed by atoms with Gasteiger partial charge in [-0.25, -0.2) is 0 Å². The van der Waals surface area contributed by atoms with Crippen molar-refractivity contribution in [3.8, 4) is 0 Å². The zero-order chi connectivity index (χ0) is 12.3. The summed E-state index contributed by atoms with van der Waals surface area (Å²) in [5.74, 6) is -0.0417. The number of hydrogen-bond acceptors (Lipinski definition) is 1. The van der Waals surface area contributed by atoms with Gasteiger partial charge in [0.05, 0.1) is 10.4 Å². The molecule has 4 heteroatoms. The van der Waals surface area contributed by atoms with E-state index in [4.69, 9.17) is 11.6 Å². The number of nitrogens with one attached hydrogen (secondary N) is 1. The summed E-state index contributed by atoms with van der Waals surface area (Å²) in [5, 5.41) is 3.60. The highest BCUT2D eigenvalue weighted by Crippen LogP contribution is 2.20. The first kappa shape index (κ1) is 13.5. The van der Waals surface area contributed by atoms with Crippen LogP contribution < -0.4 is 5.32 Å². The van der Waals surface area contributed by atoms with E-state index in [2.05, 4.69) is 21.2 Å². The van der Waals surface area contributed by atoms with E-state index < -0.39 is 4.32 Å². The van der Waals surface area contributed by atoms with E-state index in [-0.39, 0.29) is 11.9 Å². The minimum atomic E-state index is -0.556. The quantitative estimate of drug-likeness (QED) is 0.848. The Kier molecular flexibility index (Phi) is 4.39. The van der Waals surface area contributed by atoms with Crippen molar-refractivity contribution in [2.45, 2.75) is 31.1 Å². The van der Waals surface area contributed by atoms with Gasteiger partial charge in [-0.05, 0) is 38.5 Å². The Balaban J connectivity index is 2.73. The fraction of sp³-hybridized carbons (Fsp3) is 0.417. The maximum absolute atomic E-state index is 11.7. The number of rotatable bonds is 3. The van der Waals surface area contributed by atoms with Gasteiger partial charge < -0.3 is 5.32 Å². The summed E-state index contributed by atoms with van der Waals surface area (Å²) in [4.78, 5) is 11.7. The van der Waals surface area contributed by atoms with Crippen molar-refractivity contribution in [1.82, 2.24) is 5.32 Å². The molecule has 1 rings (SSSR count). The second kappa shape index (κ2) is 5.19. The van der Waals surface area contributed by atoms with Gasteiger partial charge in [0.1, 0.15) is 0 Å². The smallest absolute Gasteiger partial charge is 0.236 e. The van der Waals surface area contributed by atoms with Gasteiger partial charge in [0.2, 0.25) is 5.91 Å². The molecule has 0 spiro atoms. The highest BCUT2D eigenvalue weighted by Gasteiger charge is 2.24. The maximum atomic E-state index is 11.7. The Morgan fingerprint density at radius 3 is 2.62 bits per heavy atom. The first-order valence-corrected chi connectivity index (χ1v) is 6.23. The van der Waals surface area contributed by atoms with Crippen molar-refractivity contribution in [1.29, 1.82) is 0 Å². The largest absolute Gasteiger partial charge is 0.348 e. The molecule has 0 bridgehead atoms. The monoisotopic (exact) mass is 303 g/mol. The number of amides is 1. The molecule has 88 valence electrons. The molecule has 0 aliphatic heterocycles. The van der Waals surface area contributed by atoms with Gasteiger partial charge in [0.25, 0.3) is 0 Å². The van der Waals surface area contributed by atoms with E-state index in [1.807, 2.05) is 45.0 Å². The fourth-order valence-electron chi connectivity index (χ4n) is 1.23. The lowest BCUT2D eigenvalue weighted by molar-refractivity contribution is -0.123. The summed E-state index contributed by atoms with van der Waals surface area (Å²) in [6.45, 7) is 5.56. The Morgan fingerprint density at radius 1 is 1.50 bits per heavy atom. The highest BCUT2D eigenvalue weighted by atomic mass is 79.9. The van der Waals surface area contributed by atoms with Crippen LogP contribution in [-0.2, 0) is 4.79 Å². The number of benzene rings is 1. The fourth-order valence-corrected chi connectivity index (χ4v) is 1.54. The van der Waals surface area contributed by atoms with Crippen molar-refractivity contribution in [3.63, 3.8) is 0 Å². The van der Waals surface area contributed by atoms with Crippen LogP contribution in [0.15, 0.2) is 24.3 Å². The third-order valence-electron chi connectivity index (χ3n) is 2.24. The molecular weight excluding hydrogens is 289 g/mol. The first-order chi connectivity index (χ1) is 7.30. The standard InChI is InChI=1S/C12H15BrClNO/c1-8(15-11(16)12(2,3)13)9-5-4-6-10(14)7-9/h4-8H,1-3H3,(H,15,16)/t8-/m0/s1.